The van der Waals surface area contributed by atoms with E-state index in [1.165, 1.54) is 0 Å². The summed E-state index contributed by atoms with van der Waals surface area (Å²) in [5.74, 6) is -2.15. The lowest BCUT2D eigenvalue weighted by Crippen LogP contribution is -2.10. The molecule has 1 aromatic carbocycles. The van der Waals surface area contributed by atoms with E-state index in [9.17, 15) is 37.8 Å². The highest BCUT2D eigenvalue weighted by molar-refractivity contribution is 5.49. The molecule has 0 amide bonds. The van der Waals surface area contributed by atoms with Crippen molar-refractivity contribution in [2.75, 3.05) is 0 Å². The number of benzene rings is 1. The molecule has 0 radical (unpaired) electrons. The van der Waals surface area contributed by atoms with E-state index < -0.39 is 38.8 Å². The molecule has 92 valence electrons. The minimum absolute atomic E-state index is 0.0949. The Morgan fingerprint density at radius 1 is 1.06 bits per heavy atom. The fourth-order valence-corrected chi connectivity index (χ4v) is 1.04. The van der Waals surface area contributed by atoms with Crippen molar-refractivity contribution in [2.45, 2.75) is 6.18 Å². The van der Waals surface area contributed by atoms with Gasteiger partial charge in [0.2, 0.25) is 5.82 Å². The molecule has 0 saturated carbocycles. The van der Waals surface area contributed by atoms with E-state index in [0.29, 0.717) is 0 Å². The molecule has 1 rings (SSSR count). The van der Waals surface area contributed by atoms with Gasteiger partial charge in [0, 0.05) is 6.07 Å². The molecule has 0 N–H and O–H groups in total. The first-order chi connectivity index (χ1) is 7.64. The van der Waals surface area contributed by atoms with Crippen LogP contribution in [0.4, 0.5) is 28.9 Å². The average molecular weight is 254 g/mol. The second-order valence-corrected chi connectivity index (χ2v) is 2.84. The van der Waals surface area contributed by atoms with Gasteiger partial charge in [-0.1, -0.05) is 0 Å². The summed E-state index contributed by atoms with van der Waals surface area (Å²) in [5, 5.41) is 20.5. The molecule has 0 atom stereocenters. The molecule has 1 aromatic rings. The first-order valence-electron chi connectivity index (χ1n) is 3.84. The molecule has 0 aromatic heterocycles. The van der Waals surface area contributed by atoms with E-state index >= 15 is 0 Å². The minimum Gasteiger partial charge on any atom is -0.258 e. The largest absolute Gasteiger partial charge is 0.419 e. The summed E-state index contributed by atoms with van der Waals surface area (Å²) in [6.45, 7) is 0. The Bertz CT molecular complexity index is 499. The zero-order valence-electron chi connectivity index (χ0n) is 7.69. The lowest BCUT2D eigenvalue weighted by molar-refractivity contribution is -0.396. The van der Waals surface area contributed by atoms with Crippen molar-refractivity contribution in [3.63, 3.8) is 0 Å². The van der Waals surface area contributed by atoms with Crippen molar-refractivity contribution in [1.29, 1.82) is 0 Å². The van der Waals surface area contributed by atoms with Gasteiger partial charge in [-0.3, -0.25) is 20.2 Å². The predicted octanol–water partition coefficient (Wildman–Crippen LogP) is 2.66. The van der Waals surface area contributed by atoms with E-state index in [2.05, 4.69) is 0 Å². The third kappa shape index (κ3) is 2.46. The Hall–Kier alpha value is -2.26. The van der Waals surface area contributed by atoms with Crippen LogP contribution >= 0.6 is 0 Å². The molecule has 0 aliphatic rings. The lowest BCUT2D eigenvalue weighted by Gasteiger charge is -2.07. The molecule has 6 nitrogen and oxygen atoms in total. The SMILES string of the molecule is O=[N+]([O-])c1cc([N+](=O)[O-])c(F)c(C(F)(F)F)c1. The highest BCUT2D eigenvalue weighted by atomic mass is 19.4. The monoisotopic (exact) mass is 254 g/mol. The number of alkyl halides is 3. The second-order valence-electron chi connectivity index (χ2n) is 2.84. The number of halogens is 4. The van der Waals surface area contributed by atoms with Gasteiger partial charge in [-0.25, -0.2) is 0 Å². The summed E-state index contributed by atoms with van der Waals surface area (Å²) in [6.07, 6.45) is -5.25. The highest BCUT2D eigenvalue weighted by Crippen LogP contribution is 2.37. The quantitative estimate of drug-likeness (QED) is 0.461. The number of nitro groups is 2. The maximum absolute atomic E-state index is 13.1. The average Bonchev–Trinajstić information content (AvgIpc) is 2.15. The first-order valence-corrected chi connectivity index (χ1v) is 3.84. The van der Waals surface area contributed by atoms with Crippen LogP contribution in [0.5, 0.6) is 0 Å². The molecule has 10 heteroatoms. The lowest BCUT2D eigenvalue weighted by atomic mass is 10.1. The number of nitro benzene ring substituents is 2. The normalized spacial score (nSPS) is 11.3. The zero-order valence-corrected chi connectivity index (χ0v) is 7.69. The Labute approximate surface area is 89.8 Å². The van der Waals surface area contributed by atoms with Crippen molar-refractivity contribution in [3.8, 4) is 0 Å². The van der Waals surface area contributed by atoms with Crippen LogP contribution in [0.3, 0.4) is 0 Å². The second kappa shape index (κ2) is 3.96. The van der Waals surface area contributed by atoms with Crippen molar-refractivity contribution in [1.82, 2.24) is 0 Å². The molecule has 0 saturated heterocycles. The molecular weight excluding hydrogens is 252 g/mol. The van der Waals surface area contributed by atoms with Crippen LogP contribution in [0.2, 0.25) is 0 Å². The van der Waals surface area contributed by atoms with Crippen molar-refractivity contribution < 1.29 is 27.4 Å². The van der Waals surface area contributed by atoms with Gasteiger partial charge in [0.05, 0.1) is 15.9 Å². The molecule has 0 heterocycles. The molecule has 0 bridgehead atoms. The Balaban J connectivity index is 3.60. The van der Waals surface area contributed by atoms with Crippen LogP contribution in [0.1, 0.15) is 5.56 Å². The van der Waals surface area contributed by atoms with E-state index in [0.717, 1.165) is 0 Å². The summed E-state index contributed by atoms with van der Waals surface area (Å²) >= 11 is 0. The van der Waals surface area contributed by atoms with Crippen LogP contribution in [0, 0.1) is 26.0 Å². The third-order valence-corrected chi connectivity index (χ3v) is 1.75. The molecule has 0 unspecified atom stereocenters. The maximum Gasteiger partial charge on any atom is 0.419 e. The van der Waals surface area contributed by atoms with E-state index in [1.807, 2.05) is 0 Å². The van der Waals surface area contributed by atoms with Crippen molar-refractivity contribution >= 4 is 11.4 Å². The molecule has 0 fully saturated rings. The summed E-state index contributed by atoms with van der Waals surface area (Å²) in [6, 6.07) is 0.0346. The summed E-state index contributed by atoms with van der Waals surface area (Å²) in [5.41, 5.74) is -4.84. The molecule has 0 aliphatic carbocycles. The fraction of sp³-hybridized carbons (Fsp3) is 0.143. The predicted molar refractivity (Wildman–Crippen MR) is 44.7 cm³/mol. The number of non-ortho nitro benzene ring substituents is 1. The van der Waals surface area contributed by atoms with Crippen molar-refractivity contribution in [3.05, 3.63) is 43.7 Å². The number of hydrogen-bond donors (Lipinski definition) is 0. The maximum atomic E-state index is 13.1. The fourth-order valence-electron chi connectivity index (χ4n) is 1.04. The van der Waals surface area contributed by atoms with Gasteiger partial charge < -0.3 is 0 Å². The van der Waals surface area contributed by atoms with E-state index in [1.54, 1.807) is 0 Å². The molecule has 0 spiro atoms. The van der Waals surface area contributed by atoms with Gasteiger partial charge in [-0.2, -0.15) is 17.6 Å². The van der Waals surface area contributed by atoms with E-state index in [-0.39, 0.29) is 12.1 Å². The van der Waals surface area contributed by atoms with Gasteiger partial charge >= 0.3 is 11.9 Å². The highest BCUT2D eigenvalue weighted by Gasteiger charge is 2.39. The van der Waals surface area contributed by atoms with Crippen LogP contribution in [-0.2, 0) is 6.18 Å². The molecular formula is C7H2F4N2O4. The van der Waals surface area contributed by atoms with Crippen LogP contribution in [-0.4, -0.2) is 9.85 Å². The number of hydrogen-bond acceptors (Lipinski definition) is 4. The smallest absolute Gasteiger partial charge is 0.258 e. The van der Waals surface area contributed by atoms with Crippen LogP contribution in [0.15, 0.2) is 12.1 Å². The minimum atomic E-state index is -5.25. The zero-order chi connectivity index (χ0) is 13.4. The Morgan fingerprint density at radius 3 is 1.94 bits per heavy atom. The Kier molecular flexibility index (Phi) is 2.98. The standard InChI is InChI=1S/C7H2F4N2O4/c8-6-4(7(9,10)11)1-3(12(14)15)2-5(6)13(16)17/h1-2H. The van der Waals surface area contributed by atoms with Gasteiger partial charge in [-0.05, 0) is 0 Å². The molecule has 0 aliphatic heterocycles. The number of rotatable bonds is 2. The van der Waals surface area contributed by atoms with Gasteiger partial charge in [0.15, 0.2) is 0 Å². The van der Waals surface area contributed by atoms with Gasteiger partial charge in [-0.15, -0.1) is 0 Å². The van der Waals surface area contributed by atoms with Gasteiger partial charge in [0.1, 0.15) is 5.56 Å². The number of nitrogens with zero attached hydrogens (tertiary/aromatic N) is 2. The first kappa shape index (κ1) is 12.8. The van der Waals surface area contributed by atoms with Crippen LogP contribution < -0.4 is 0 Å². The molecule has 17 heavy (non-hydrogen) atoms. The summed E-state index contributed by atoms with van der Waals surface area (Å²) in [4.78, 5) is 17.8. The topological polar surface area (TPSA) is 86.3 Å². The third-order valence-electron chi connectivity index (χ3n) is 1.75. The van der Waals surface area contributed by atoms with Gasteiger partial charge in [0.25, 0.3) is 5.69 Å². The Morgan fingerprint density at radius 2 is 1.59 bits per heavy atom. The van der Waals surface area contributed by atoms with Crippen LogP contribution in [0.25, 0.3) is 0 Å². The van der Waals surface area contributed by atoms with Crippen molar-refractivity contribution in [2.24, 2.45) is 0 Å². The summed E-state index contributed by atoms with van der Waals surface area (Å²) < 4.78 is 49.8. The van der Waals surface area contributed by atoms with E-state index in [4.69, 9.17) is 0 Å². The summed E-state index contributed by atoms with van der Waals surface area (Å²) in [7, 11) is 0.